The number of hydrogen-bond acceptors (Lipinski definition) is 6. The maximum atomic E-state index is 11.2. The smallest absolute Gasteiger partial charge is 0.373 e. The van der Waals surface area contributed by atoms with Crippen molar-refractivity contribution in [1.82, 2.24) is 9.38 Å². The van der Waals surface area contributed by atoms with Crippen LogP contribution >= 0.6 is 11.3 Å². The van der Waals surface area contributed by atoms with Gasteiger partial charge >= 0.3 is 11.8 Å². The first kappa shape index (κ1) is 13.3. The summed E-state index contributed by atoms with van der Waals surface area (Å²) in [5.41, 5.74) is 0. The van der Waals surface area contributed by atoms with E-state index in [1.54, 1.807) is 23.4 Å². The number of carboxylic acids is 1. The third-order valence-electron chi connectivity index (χ3n) is 2.67. The summed E-state index contributed by atoms with van der Waals surface area (Å²) in [5, 5.41) is 21.6. The zero-order valence-electron chi connectivity index (χ0n) is 10.1. The minimum Gasteiger partial charge on any atom is -0.481 e. The number of imidazole rings is 1. The van der Waals surface area contributed by atoms with Crippen LogP contribution in [0.1, 0.15) is 13.3 Å². The Balaban J connectivity index is 2.41. The van der Waals surface area contributed by atoms with Crippen molar-refractivity contribution in [3.8, 4) is 0 Å². The van der Waals surface area contributed by atoms with Gasteiger partial charge in [-0.2, -0.15) is 9.38 Å². The highest BCUT2D eigenvalue weighted by atomic mass is 32.1. The summed E-state index contributed by atoms with van der Waals surface area (Å²) >= 11 is 1.30. The first-order valence-electron chi connectivity index (χ1n) is 5.61. The third-order valence-corrected chi connectivity index (χ3v) is 3.43. The molecule has 0 aliphatic heterocycles. The molecule has 0 aliphatic rings. The van der Waals surface area contributed by atoms with Gasteiger partial charge in [0.25, 0.3) is 4.96 Å². The fourth-order valence-corrected chi connectivity index (χ4v) is 2.49. The topological polar surface area (TPSA) is 101 Å². The van der Waals surface area contributed by atoms with E-state index in [1.165, 1.54) is 15.7 Å². The molecule has 2 aromatic rings. The summed E-state index contributed by atoms with van der Waals surface area (Å²) < 4.78 is 1.41. The van der Waals surface area contributed by atoms with Gasteiger partial charge in [0, 0.05) is 18.5 Å². The second-order valence-corrected chi connectivity index (χ2v) is 4.67. The zero-order valence-corrected chi connectivity index (χ0v) is 11.0. The number of carboxylic acid groups (broad SMARTS) is 1. The molecule has 2 aromatic heterocycles. The molecule has 2 rings (SSSR count). The van der Waals surface area contributed by atoms with Crippen LogP contribution in [0.15, 0.2) is 11.6 Å². The minimum absolute atomic E-state index is 0.0871. The van der Waals surface area contributed by atoms with E-state index in [0.29, 0.717) is 11.5 Å². The van der Waals surface area contributed by atoms with Crippen LogP contribution in [0.2, 0.25) is 0 Å². The van der Waals surface area contributed by atoms with E-state index in [2.05, 4.69) is 4.98 Å². The van der Waals surface area contributed by atoms with Crippen molar-refractivity contribution >= 4 is 33.9 Å². The number of nitrogens with zero attached hydrogens (tertiary/aromatic N) is 4. The number of carbonyl (C=O) groups is 1. The summed E-state index contributed by atoms with van der Waals surface area (Å²) in [6.45, 7) is 2.45. The molecule has 0 radical (unpaired) electrons. The molecule has 19 heavy (non-hydrogen) atoms. The van der Waals surface area contributed by atoms with Crippen molar-refractivity contribution in [3.05, 3.63) is 21.7 Å². The van der Waals surface area contributed by atoms with E-state index >= 15 is 0 Å². The van der Waals surface area contributed by atoms with Crippen LogP contribution in [0.3, 0.4) is 0 Å². The molecule has 8 nitrogen and oxygen atoms in total. The Kier molecular flexibility index (Phi) is 3.65. The van der Waals surface area contributed by atoms with Crippen molar-refractivity contribution < 1.29 is 14.8 Å². The number of hydrogen-bond donors (Lipinski definition) is 1. The predicted octanol–water partition coefficient (Wildman–Crippen LogP) is 1.60. The van der Waals surface area contributed by atoms with Crippen LogP contribution < -0.4 is 4.90 Å². The highest BCUT2D eigenvalue weighted by Gasteiger charge is 2.27. The summed E-state index contributed by atoms with van der Waals surface area (Å²) in [4.78, 5) is 27.6. The molecule has 0 unspecified atom stereocenters. The lowest BCUT2D eigenvalue weighted by molar-refractivity contribution is -0.389. The lowest BCUT2D eigenvalue weighted by Gasteiger charge is -2.18. The summed E-state index contributed by atoms with van der Waals surface area (Å²) in [6, 6.07) is 0. The van der Waals surface area contributed by atoms with Crippen molar-refractivity contribution in [2.75, 3.05) is 18.0 Å². The van der Waals surface area contributed by atoms with Gasteiger partial charge in [0.2, 0.25) is 5.82 Å². The van der Waals surface area contributed by atoms with Gasteiger partial charge in [-0.3, -0.25) is 4.79 Å². The van der Waals surface area contributed by atoms with E-state index in [9.17, 15) is 14.9 Å². The van der Waals surface area contributed by atoms with Crippen LogP contribution in [-0.4, -0.2) is 38.5 Å². The van der Waals surface area contributed by atoms with E-state index < -0.39 is 10.9 Å². The molecule has 0 saturated carbocycles. The molecule has 0 fully saturated rings. The second kappa shape index (κ2) is 5.22. The normalized spacial score (nSPS) is 10.8. The lowest BCUT2D eigenvalue weighted by Crippen LogP contribution is -2.26. The summed E-state index contributed by atoms with van der Waals surface area (Å²) in [7, 11) is 0. The van der Waals surface area contributed by atoms with Gasteiger partial charge in [-0.15, -0.1) is 0 Å². The van der Waals surface area contributed by atoms with Gasteiger partial charge in [0.15, 0.2) is 0 Å². The molecule has 0 aromatic carbocycles. The molecule has 102 valence electrons. The first-order chi connectivity index (χ1) is 9.04. The SMILES string of the molecule is CCN(CCC(=O)O)c1nc2sccn2c1[N+](=O)[O-]. The van der Waals surface area contributed by atoms with E-state index in [-0.39, 0.29) is 24.6 Å². The maximum absolute atomic E-state index is 11.2. The zero-order chi connectivity index (χ0) is 14.0. The summed E-state index contributed by atoms with van der Waals surface area (Å²) in [6.07, 6.45) is 1.50. The third kappa shape index (κ3) is 2.50. The van der Waals surface area contributed by atoms with Gasteiger partial charge < -0.3 is 20.1 Å². The predicted molar refractivity (Wildman–Crippen MR) is 69.9 cm³/mol. The lowest BCUT2D eigenvalue weighted by atomic mass is 10.3. The summed E-state index contributed by atoms with van der Waals surface area (Å²) in [5.74, 6) is -0.841. The molecule has 0 aliphatic carbocycles. The number of fused-ring (bicyclic) bond motifs is 1. The Hall–Kier alpha value is -2.16. The van der Waals surface area contributed by atoms with Crippen molar-refractivity contribution in [2.24, 2.45) is 0 Å². The molecule has 0 bridgehead atoms. The van der Waals surface area contributed by atoms with Crippen molar-refractivity contribution in [2.45, 2.75) is 13.3 Å². The first-order valence-corrected chi connectivity index (χ1v) is 6.49. The van der Waals surface area contributed by atoms with Gasteiger partial charge in [-0.25, -0.2) is 0 Å². The molecular formula is C10H12N4O4S. The van der Waals surface area contributed by atoms with Gasteiger partial charge in [0.05, 0.1) is 6.42 Å². The average molecular weight is 284 g/mol. The highest BCUT2D eigenvalue weighted by molar-refractivity contribution is 7.15. The quantitative estimate of drug-likeness (QED) is 0.638. The number of aromatic nitrogens is 2. The Bertz CT molecular complexity index is 620. The average Bonchev–Trinajstić information content (AvgIpc) is 2.88. The van der Waals surface area contributed by atoms with Gasteiger partial charge in [0.1, 0.15) is 6.20 Å². The molecule has 9 heteroatoms. The van der Waals surface area contributed by atoms with Crippen molar-refractivity contribution in [1.29, 1.82) is 0 Å². The number of rotatable bonds is 6. The van der Waals surface area contributed by atoms with Gasteiger partial charge in [-0.1, -0.05) is 11.3 Å². The highest BCUT2D eigenvalue weighted by Crippen LogP contribution is 2.30. The number of thiazole rings is 1. The largest absolute Gasteiger partial charge is 0.481 e. The molecule has 0 amide bonds. The second-order valence-electron chi connectivity index (χ2n) is 3.80. The molecule has 0 spiro atoms. The Labute approximate surface area is 112 Å². The molecular weight excluding hydrogens is 272 g/mol. The van der Waals surface area contributed by atoms with E-state index in [0.717, 1.165) is 0 Å². The van der Waals surface area contributed by atoms with Crippen LogP contribution in [0, 0.1) is 10.1 Å². The van der Waals surface area contributed by atoms with Crippen molar-refractivity contribution in [3.63, 3.8) is 0 Å². The number of anilines is 1. The minimum atomic E-state index is -0.942. The molecule has 0 saturated heterocycles. The Morgan fingerprint density at radius 3 is 3.00 bits per heavy atom. The monoisotopic (exact) mass is 284 g/mol. The Morgan fingerprint density at radius 1 is 1.68 bits per heavy atom. The standard InChI is InChI=1S/C10H12N4O4S/c1-2-12(4-3-7(15)16)8-9(14(17)18)13-5-6-19-10(13)11-8/h5-6H,2-4H2,1H3,(H,15,16). The Morgan fingerprint density at radius 2 is 2.42 bits per heavy atom. The number of aliphatic carboxylic acids is 1. The fraction of sp³-hybridized carbons (Fsp3) is 0.400. The molecule has 1 N–H and O–H groups in total. The van der Waals surface area contributed by atoms with Crippen LogP contribution in [-0.2, 0) is 4.79 Å². The van der Waals surface area contributed by atoms with E-state index in [4.69, 9.17) is 5.11 Å². The van der Waals surface area contributed by atoms with Crippen LogP contribution in [0.5, 0.6) is 0 Å². The number of nitro groups is 1. The van der Waals surface area contributed by atoms with Gasteiger partial charge in [-0.05, 0) is 11.8 Å². The maximum Gasteiger partial charge on any atom is 0.373 e. The van der Waals surface area contributed by atoms with E-state index in [1.807, 2.05) is 0 Å². The van der Waals surface area contributed by atoms with Crippen LogP contribution in [0.4, 0.5) is 11.6 Å². The molecule has 2 heterocycles. The molecule has 0 atom stereocenters. The fourth-order valence-electron chi connectivity index (χ4n) is 1.79. The van der Waals surface area contributed by atoms with Crippen LogP contribution in [0.25, 0.3) is 4.96 Å².